The van der Waals surface area contributed by atoms with Gasteiger partial charge in [-0.15, -0.1) is 0 Å². The number of hydrogen-bond donors (Lipinski definition) is 0. The first-order valence-corrected chi connectivity index (χ1v) is 3.75. The normalized spacial score (nSPS) is 9.00. The Kier molecular flexibility index (Phi) is 3.03. The summed E-state index contributed by atoms with van der Waals surface area (Å²) in [5, 5.41) is 8.66. The summed E-state index contributed by atoms with van der Waals surface area (Å²) >= 11 is 0. The van der Waals surface area contributed by atoms with Gasteiger partial charge in [-0.2, -0.15) is 10.2 Å². The lowest BCUT2D eigenvalue weighted by Crippen LogP contribution is -2.00. The van der Waals surface area contributed by atoms with Crippen molar-refractivity contribution in [2.24, 2.45) is 0 Å². The zero-order valence-electron chi connectivity index (χ0n) is 7.44. The number of methoxy groups -OCH3 is 1. The Morgan fingerprint density at radius 3 is 2.92 bits per heavy atom. The summed E-state index contributed by atoms with van der Waals surface area (Å²) < 4.78 is 9.91. The zero-order chi connectivity index (χ0) is 9.68. The summed E-state index contributed by atoms with van der Waals surface area (Å²) in [6.07, 6.45) is 1.37. The highest BCUT2D eigenvalue weighted by Crippen LogP contribution is 2.15. The molecule has 0 radical (unpaired) electrons. The van der Waals surface area contributed by atoms with Crippen molar-refractivity contribution in [1.29, 1.82) is 5.26 Å². The number of aromatic nitrogens is 2. The summed E-state index contributed by atoms with van der Waals surface area (Å²) in [5.41, 5.74) is 0.308. The molecule has 0 aliphatic rings. The van der Waals surface area contributed by atoms with Crippen LogP contribution in [0.25, 0.3) is 0 Å². The van der Waals surface area contributed by atoms with Gasteiger partial charge >= 0.3 is 6.01 Å². The molecule has 0 saturated heterocycles. The minimum atomic E-state index is 0.197. The topological polar surface area (TPSA) is 68.0 Å². The molecule has 0 atom stereocenters. The predicted octanol–water partition coefficient (Wildman–Crippen LogP) is 0.756. The first-order valence-electron chi connectivity index (χ1n) is 3.75. The van der Waals surface area contributed by atoms with Crippen molar-refractivity contribution in [1.82, 2.24) is 9.97 Å². The van der Waals surface area contributed by atoms with E-state index in [4.69, 9.17) is 14.7 Å². The third-order valence-electron chi connectivity index (χ3n) is 1.32. The van der Waals surface area contributed by atoms with E-state index in [1.807, 2.05) is 13.0 Å². The number of rotatable bonds is 3. The fraction of sp³-hybridized carbons (Fsp3) is 0.375. The highest BCUT2D eigenvalue weighted by Gasteiger charge is 2.07. The molecule has 68 valence electrons. The number of nitrogens with zero attached hydrogens (tertiary/aromatic N) is 3. The van der Waals surface area contributed by atoms with Gasteiger partial charge < -0.3 is 9.47 Å². The lowest BCUT2D eigenvalue weighted by molar-refractivity contribution is 0.310. The molecular formula is C8H9N3O2. The summed E-state index contributed by atoms with van der Waals surface area (Å²) in [5.74, 6) is 0.261. The summed E-state index contributed by atoms with van der Waals surface area (Å²) in [4.78, 5) is 7.65. The molecular weight excluding hydrogens is 170 g/mol. The summed E-state index contributed by atoms with van der Waals surface area (Å²) in [6.45, 7) is 2.27. The fourth-order valence-corrected chi connectivity index (χ4v) is 0.773. The molecule has 5 heteroatoms. The Balaban J connectivity index is 3.04. The van der Waals surface area contributed by atoms with Gasteiger partial charge in [0.2, 0.25) is 5.88 Å². The van der Waals surface area contributed by atoms with Crippen LogP contribution in [0, 0.1) is 11.3 Å². The highest BCUT2D eigenvalue weighted by atomic mass is 16.5. The van der Waals surface area contributed by atoms with Crippen LogP contribution in [0.1, 0.15) is 12.5 Å². The average Bonchev–Trinajstić information content (AvgIpc) is 2.18. The Hall–Kier alpha value is -1.83. The molecule has 13 heavy (non-hydrogen) atoms. The second-order valence-electron chi connectivity index (χ2n) is 2.12. The first-order chi connectivity index (χ1) is 6.31. The summed E-state index contributed by atoms with van der Waals surface area (Å²) in [6, 6.07) is 2.12. The van der Waals surface area contributed by atoms with E-state index in [0.29, 0.717) is 12.2 Å². The summed E-state index contributed by atoms with van der Waals surface area (Å²) in [7, 11) is 1.46. The fourth-order valence-electron chi connectivity index (χ4n) is 0.773. The van der Waals surface area contributed by atoms with Gasteiger partial charge in [-0.25, -0.2) is 4.98 Å². The molecule has 0 bridgehead atoms. The molecule has 0 spiro atoms. The molecule has 1 heterocycles. The molecule has 0 N–H and O–H groups in total. The highest BCUT2D eigenvalue weighted by molar-refractivity contribution is 5.36. The van der Waals surface area contributed by atoms with Crippen LogP contribution in [0.4, 0.5) is 0 Å². The smallest absolute Gasteiger partial charge is 0.319 e. The van der Waals surface area contributed by atoms with Gasteiger partial charge in [0.15, 0.2) is 0 Å². The lowest BCUT2D eigenvalue weighted by Gasteiger charge is -2.04. The van der Waals surface area contributed by atoms with E-state index < -0.39 is 0 Å². The lowest BCUT2D eigenvalue weighted by atomic mass is 10.4. The van der Waals surface area contributed by atoms with E-state index in [1.54, 1.807) is 0 Å². The molecule has 0 saturated carbocycles. The van der Waals surface area contributed by atoms with Crippen LogP contribution >= 0.6 is 0 Å². The van der Waals surface area contributed by atoms with E-state index in [1.165, 1.54) is 13.3 Å². The van der Waals surface area contributed by atoms with Crippen LogP contribution in [0.15, 0.2) is 6.20 Å². The Morgan fingerprint density at radius 2 is 2.38 bits per heavy atom. The van der Waals surface area contributed by atoms with Crippen molar-refractivity contribution in [3.63, 3.8) is 0 Å². The molecule has 1 aromatic heterocycles. The van der Waals surface area contributed by atoms with Crippen molar-refractivity contribution in [2.75, 3.05) is 13.7 Å². The molecule has 0 aromatic carbocycles. The zero-order valence-corrected chi connectivity index (χ0v) is 7.44. The maximum atomic E-state index is 8.66. The predicted molar refractivity (Wildman–Crippen MR) is 44.5 cm³/mol. The van der Waals surface area contributed by atoms with Crippen molar-refractivity contribution >= 4 is 0 Å². The number of ether oxygens (including phenoxy) is 2. The van der Waals surface area contributed by atoms with E-state index in [9.17, 15) is 0 Å². The Bertz CT molecular complexity index is 333. The second kappa shape index (κ2) is 4.26. The van der Waals surface area contributed by atoms with E-state index in [0.717, 1.165) is 0 Å². The van der Waals surface area contributed by atoms with Crippen LogP contribution in [-0.2, 0) is 0 Å². The Morgan fingerprint density at radius 1 is 1.62 bits per heavy atom. The molecule has 0 fully saturated rings. The first kappa shape index (κ1) is 9.26. The van der Waals surface area contributed by atoms with Crippen LogP contribution < -0.4 is 9.47 Å². The van der Waals surface area contributed by atoms with Crippen LogP contribution in [-0.4, -0.2) is 23.7 Å². The maximum Gasteiger partial charge on any atom is 0.319 e. The van der Waals surface area contributed by atoms with Crippen molar-refractivity contribution < 1.29 is 9.47 Å². The van der Waals surface area contributed by atoms with Gasteiger partial charge in [0.1, 0.15) is 11.6 Å². The van der Waals surface area contributed by atoms with Gasteiger partial charge in [-0.1, -0.05) is 0 Å². The number of hydrogen-bond acceptors (Lipinski definition) is 5. The van der Waals surface area contributed by atoms with Crippen molar-refractivity contribution in [3.05, 3.63) is 11.8 Å². The minimum absolute atomic E-state index is 0.197. The largest absolute Gasteiger partial charge is 0.477 e. The average molecular weight is 179 g/mol. The SMILES string of the molecule is CCOc1nc(OC)ncc1C#N. The third-order valence-corrected chi connectivity index (χ3v) is 1.32. The van der Waals surface area contributed by atoms with Crippen LogP contribution in [0.2, 0.25) is 0 Å². The van der Waals surface area contributed by atoms with Crippen LogP contribution in [0.3, 0.4) is 0 Å². The van der Waals surface area contributed by atoms with E-state index in [2.05, 4.69) is 9.97 Å². The molecule has 0 unspecified atom stereocenters. The molecule has 5 nitrogen and oxygen atoms in total. The molecule has 0 aliphatic heterocycles. The van der Waals surface area contributed by atoms with Gasteiger partial charge in [-0.05, 0) is 6.92 Å². The monoisotopic (exact) mass is 179 g/mol. The van der Waals surface area contributed by atoms with Crippen molar-refractivity contribution in [3.8, 4) is 18.0 Å². The molecule has 0 amide bonds. The maximum absolute atomic E-state index is 8.66. The van der Waals surface area contributed by atoms with Crippen LogP contribution in [0.5, 0.6) is 11.9 Å². The minimum Gasteiger partial charge on any atom is -0.477 e. The number of nitriles is 1. The quantitative estimate of drug-likeness (QED) is 0.685. The van der Waals surface area contributed by atoms with Gasteiger partial charge in [0.25, 0.3) is 0 Å². The molecule has 1 aromatic rings. The van der Waals surface area contributed by atoms with E-state index in [-0.39, 0.29) is 11.9 Å². The van der Waals surface area contributed by atoms with Crippen molar-refractivity contribution in [2.45, 2.75) is 6.92 Å². The molecule has 1 rings (SSSR count). The van der Waals surface area contributed by atoms with Gasteiger partial charge in [0.05, 0.1) is 19.9 Å². The van der Waals surface area contributed by atoms with Gasteiger partial charge in [-0.3, -0.25) is 0 Å². The standard InChI is InChI=1S/C8H9N3O2/c1-3-13-7-6(4-9)5-10-8(11-7)12-2/h5H,3H2,1-2H3. The van der Waals surface area contributed by atoms with E-state index >= 15 is 0 Å². The molecule has 0 aliphatic carbocycles. The third kappa shape index (κ3) is 2.06. The van der Waals surface area contributed by atoms with Gasteiger partial charge in [0, 0.05) is 0 Å². The second-order valence-corrected chi connectivity index (χ2v) is 2.12. The Labute approximate surface area is 76.0 Å².